The van der Waals surface area contributed by atoms with Gasteiger partial charge in [-0.1, -0.05) is 0 Å². The molecule has 0 N–H and O–H groups in total. The molecule has 2 aliphatic rings. The number of ether oxygens (including phenoxy) is 5. The van der Waals surface area contributed by atoms with E-state index < -0.39 is 35.3 Å². The molecule has 12 heteroatoms. The van der Waals surface area contributed by atoms with E-state index in [4.69, 9.17) is 23.7 Å². The molecule has 46 heavy (non-hydrogen) atoms. The van der Waals surface area contributed by atoms with E-state index in [1.165, 1.54) is 6.07 Å². The average Bonchev–Trinajstić information content (AvgIpc) is 2.93. The minimum Gasteiger partial charge on any atom is -0.478 e. The number of nitrogens with zero attached hydrogens (tertiary/aromatic N) is 3. The number of piperidine rings is 1. The molecule has 0 radical (unpaired) electrons. The first-order valence-electron chi connectivity index (χ1n) is 16.1. The Labute approximate surface area is 273 Å². The number of carbonyl (C=O) groups is 4. The highest BCUT2D eigenvalue weighted by molar-refractivity contribution is 5.98. The van der Waals surface area contributed by atoms with Crippen LogP contribution in [0, 0.1) is 0 Å². The first-order chi connectivity index (χ1) is 21.3. The summed E-state index contributed by atoms with van der Waals surface area (Å²) in [6.07, 6.45) is 1.54. The molecule has 3 rings (SSSR count). The molecule has 0 atom stereocenters. The second-order valence-electron chi connectivity index (χ2n) is 14.8. The monoisotopic (exact) mass is 647 g/mol. The molecule has 0 spiro atoms. The SMILES string of the molecule is CC(C)(C)OC(=O)COc1ccc(C(=O)CN2CCN(C3CCN(C(=O)OC(C)(C)C)CC3)CC2)cc1OCC(=O)OC(C)(C)C. The molecular formula is C34H53N3O9. The molecule has 12 nitrogen and oxygen atoms in total. The van der Waals surface area contributed by atoms with Crippen LogP contribution in [0.2, 0.25) is 0 Å². The van der Waals surface area contributed by atoms with Gasteiger partial charge in [0.05, 0.1) is 6.54 Å². The second kappa shape index (κ2) is 15.5. The molecule has 2 aliphatic heterocycles. The van der Waals surface area contributed by atoms with Crippen molar-refractivity contribution < 1.29 is 42.9 Å². The Hall–Kier alpha value is -3.38. The average molecular weight is 648 g/mol. The second-order valence-corrected chi connectivity index (χ2v) is 14.8. The van der Waals surface area contributed by atoms with Gasteiger partial charge in [0.1, 0.15) is 16.8 Å². The van der Waals surface area contributed by atoms with Crippen LogP contribution >= 0.6 is 0 Å². The lowest BCUT2D eigenvalue weighted by Gasteiger charge is -2.42. The Bertz CT molecular complexity index is 1210. The predicted octanol–water partition coefficient (Wildman–Crippen LogP) is 4.33. The maximum Gasteiger partial charge on any atom is 0.410 e. The molecule has 0 bridgehead atoms. The van der Waals surface area contributed by atoms with Crippen molar-refractivity contribution in [3.05, 3.63) is 23.8 Å². The molecule has 1 aromatic rings. The van der Waals surface area contributed by atoms with Crippen molar-refractivity contribution in [2.45, 2.75) is 98.0 Å². The minimum absolute atomic E-state index is 0.0973. The van der Waals surface area contributed by atoms with E-state index in [0.29, 0.717) is 24.7 Å². The summed E-state index contributed by atoms with van der Waals surface area (Å²) in [5.74, 6) is -0.866. The molecule has 2 saturated heterocycles. The van der Waals surface area contributed by atoms with E-state index in [1.54, 1.807) is 58.6 Å². The largest absolute Gasteiger partial charge is 0.478 e. The molecule has 0 aliphatic carbocycles. The minimum atomic E-state index is -0.685. The summed E-state index contributed by atoms with van der Waals surface area (Å²) in [5, 5.41) is 0. The van der Waals surface area contributed by atoms with E-state index in [2.05, 4.69) is 9.80 Å². The van der Waals surface area contributed by atoms with Crippen molar-refractivity contribution in [3.8, 4) is 11.5 Å². The fourth-order valence-electron chi connectivity index (χ4n) is 5.25. The van der Waals surface area contributed by atoms with Gasteiger partial charge in [0.2, 0.25) is 0 Å². The van der Waals surface area contributed by atoms with Crippen LogP contribution in [0.15, 0.2) is 18.2 Å². The van der Waals surface area contributed by atoms with Crippen molar-refractivity contribution in [2.75, 3.05) is 59.0 Å². The van der Waals surface area contributed by atoms with Crippen LogP contribution in [0.3, 0.4) is 0 Å². The van der Waals surface area contributed by atoms with Gasteiger partial charge >= 0.3 is 18.0 Å². The fraction of sp³-hybridized carbons (Fsp3) is 0.706. The van der Waals surface area contributed by atoms with Crippen LogP contribution in [-0.2, 0) is 23.8 Å². The van der Waals surface area contributed by atoms with E-state index in [1.807, 2.05) is 20.8 Å². The van der Waals surface area contributed by atoms with Crippen molar-refractivity contribution in [2.24, 2.45) is 0 Å². The van der Waals surface area contributed by atoms with Crippen LogP contribution in [0.25, 0.3) is 0 Å². The van der Waals surface area contributed by atoms with Gasteiger partial charge in [-0.15, -0.1) is 0 Å². The third-order valence-electron chi connectivity index (χ3n) is 7.20. The summed E-state index contributed by atoms with van der Waals surface area (Å²) in [5.41, 5.74) is -1.46. The van der Waals surface area contributed by atoms with Gasteiger partial charge in [-0.2, -0.15) is 0 Å². The lowest BCUT2D eigenvalue weighted by atomic mass is 10.0. The Morgan fingerprint density at radius 1 is 0.674 bits per heavy atom. The van der Waals surface area contributed by atoms with Crippen LogP contribution in [0.1, 0.15) is 85.5 Å². The Kier molecular flexibility index (Phi) is 12.5. The number of benzene rings is 1. The highest BCUT2D eigenvalue weighted by Crippen LogP contribution is 2.30. The van der Waals surface area contributed by atoms with Gasteiger partial charge in [-0.05, 0) is 93.4 Å². The van der Waals surface area contributed by atoms with Crippen LogP contribution in [0.5, 0.6) is 11.5 Å². The first kappa shape index (κ1) is 37.1. The molecule has 0 unspecified atom stereocenters. The maximum atomic E-state index is 13.3. The fourth-order valence-corrected chi connectivity index (χ4v) is 5.25. The topological polar surface area (TPSA) is 124 Å². The van der Waals surface area contributed by atoms with Gasteiger partial charge in [0, 0.05) is 50.9 Å². The molecule has 0 aromatic heterocycles. The number of hydrogen-bond acceptors (Lipinski definition) is 11. The van der Waals surface area contributed by atoms with Crippen molar-refractivity contribution >= 4 is 23.8 Å². The van der Waals surface area contributed by atoms with Gasteiger partial charge in [0.15, 0.2) is 30.5 Å². The molecule has 1 amide bonds. The zero-order chi connectivity index (χ0) is 34.3. The highest BCUT2D eigenvalue weighted by Gasteiger charge is 2.31. The number of Topliss-reactive ketones (excluding diaryl/α,β-unsaturated/α-hetero) is 1. The highest BCUT2D eigenvalue weighted by atomic mass is 16.6. The zero-order valence-electron chi connectivity index (χ0n) is 29.1. The predicted molar refractivity (Wildman–Crippen MR) is 172 cm³/mol. The smallest absolute Gasteiger partial charge is 0.410 e. The summed E-state index contributed by atoms with van der Waals surface area (Å²) in [7, 11) is 0. The number of carbonyl (C=O) groups excluding carboxylic acids is 4. The summed E-state index contributed by atoms with van der Waals surface area (Å²) in [6, 6.07) is 5.12. The Morgan fingerprint density at radius 2 is 1.17 bits per heavy atom. The number of esters is 2. The summed E-state index contributed by atoms with van der Waals surface area (Å²) in [6.45, 7) is 20.2. The number of likely N-dealkylation sites (tertiary alicyclic amines) is 1. The van der Waals surface area contributed by atoms with Crippen LogP contribution in [0.4, 0.5) is 4.79 Å². The quantitative estimate of drug-likeness (QED) is 0.205. The van der Waals surface area contributed by atoms with E-state index in [0.717, 1.165) is 39.0 Å². The van der Waals surface area contributed by atoms with Crippen molar-refractivity contribution in [1.82, 2.24) is 14.7 Å². The molecular weight excluding hydrogens is 594 g/mol. The number of ketones is 1. The summed E-state index contributed by atoms with van der Waals surface area (Å²) in [4.78, 5) is 56.7. The van der Waals surface area contributed by atoms with Gasteiger partial charge < -0.3 is 28.6 Å². The van der Waals surface area contributed by atoms with Crippen molar-refractivity contribution in [1.29, 1.82) is 0 Å². The first-order valence-corrected chi connectivity index (χ1v) is 16.1. The van der Waals surface area contributed by atoms with Gasteiger partial charge in [0.25, 0.3) is 0 Å². The molecule has 1 aromatic carbocycles. The third kappa shape index (κ3) is 12.8. The van der Waals surface area contributed by atoms with Gasteiger partial charge in [-0.3, -0.25) is 14.6 Å². The molecule has 2 fully saturated rings. The summed E-state index contributed by atoms with van der Waals surface area (Å²) < 4.78 is 27.6. The molecule has 0 saturated carbocycles. The lowest BCUT2D eigenvalue weighted by Crippen LogP contribution is -2.54. The standard InChI is InChI=1S/C34H53N3O9/c1-32(2,3)44-29(39)22-42-27-11-10-24(20-28(27)43-23-30(40)45-33(4,5)6)26(38)21-35-16-18-36(19-17-35)25-12-14-37(15-13-25)31(41)46-34(7,8)9/h10-11,20,25H,12-19,21-23H2,1-9H3. The van der Waals surface area contributed by atoms with Gasteiger partial charge in [-0.25, -0.2) is 14.4 Å². The summed E-state index contributed by atoms with van der Waals surface area (Å²) >= 11 is 0. The zero-order valence-corrected chi connectivity index (χ0v) is 29.1. The number of piperazine rings is 1. The van der Waals surface area contributed by atoms with Crippen LogP contribution < -0.4 is 9.47 Å². The Morgan fingerprint density at radius 3 is 1.67 bits per heavy atom. The Balaban J connectivity index is 1.56. The van der Waals surface area contributed by atoms with E-state index in [-0.39, 0.29) is 36.5 Å². The maximum absolute atomic E-state index is 13.3. The lowest BCUT2D eigenvalue weighted by molar-refractivity contribution is -0.158. The van der Waals surface area contributed by atoms with E-state index in [9.17, 15) is 19.2 Å². The number of amides is 1. The third-order valence-corrected chi connectivity index (χ3v) is 7.20. The van der Waals surface area contributed by atoms with Crippen molar-refractivity contribution in [3.63, 3.8) is 0 Å². The molecule has 2 heterocycles. The van der Waals surface area contributed by atoms with Crippen LogP contribution in [-0.4, -0.2) is 120 Å². The normalized spacial score (nSPS) is 17.3. The number of rotatable bonds is 10. The molecule has 258 valence electrons. The van der Waals surface area contributed by atoms with E-state index >= 15 is 0 Å². The number of hydrogen-bond donors (Lipinski definition) is 0.